The van der Waals surface area contributed by atoms with E-state index in [2.05, 4.69) is 79.2 Å². The molecule has 0 atom stereocenters. The molecule has 2 spiro atoms. The first-order valence-electron chi connectivity index (χ1n) is 18.9. The lowest BCUT2D eigenvalue weighted by Gasteiger charge is -2.48. The van der Waals surface area contributed by atoms with E-state index < -0.39 is 49.4 Å². The van der Waals surface area contributed by atoms with E-state index in [0.717, 1.165) is 103 Å². The zero-order valence-corrected chi connectivity index (χ0v) is 31.8. The van der Waals surface area contributed by atoms with Crippen molar-refractivity contribution in [1.82, 2.24) is 10.2 Å². The number of carbonyl (C=O) groups excluding carboxylic acids is 4. The quantitative estimate of drug-likeness (QED) is 0.158. The first kappa shape index (κ1) is 36.5. The van der Waals surface area contributed by atoms with Crippen LogP contribution in [-0.2, 0) is 19.9 Å². The Hall–Kier alpha value is -4.84. The molecule has 0 aromatic heterocycles. The number of imide groups is 1. The third-order valence-corrected chi connectivity index (χ3v) is 17.1. The maximum atomic E-state index is 14.7. The van der Waals surface area contributed by atoms with Crippen LogP contribution in [0.2, 0.25) is 12.1 Å². The molecule has 1 N–H and O–H groups in total. The average Bonchev–Trinajstić information content (AvgIpc) is 3.65. The summed E-state index contributed by atoms with van der Waals surface area (Å²) in [5.74, 6) is -2.52. The molecule has 278 valence electrons. The number of hydrogen-bond acceptors (Lipinski definition) is 7. The predicted octanol–water partition coefficient (Wildman–Crippen LogP) is 5.49. The fraction of sp³-hybridized carbons (Fsp3) is 0.415. The SMILES string of the molecule is CCN(CC)c1ccc2c(c1)[Si]1(CCCCC1)c1cc(N(CC)CC)ccc1C21OC(=O)c2cc(C(F)F)c(C(=O)NCCN3C(=O)C=CC3=O)cc21. The number of carbonyl (C=O) groups is 4. The van der Waals surface area contributed by atoms with Gasteiger partial charge < -0.3 is 19.9 Å². The van der Waals surface area contributed by atoms with Gasteiger partial charge in [0.25, 0.3) is 24.1 Å². The standard InChI is InChI=1S/C41H46F2N4O5Si/c1-5-45(6-2)26-12-14-31-34(22-26)53(20-10-9-11-21-53)35-23-27(46(7-3)8-4)13-15-32(35)41(31)33-25-29(28(38(42)43)24-30(33)40(51)52-41)39(50)44-18-19-47-36(48)16-17-37(47)49/h12-17,22-25,38H,5-11,18-21H2,1-4H3,(H,44,50). The number of ether oxygens (including phenoxy) is 1. The zero-order chi connectivity index (χ0) is 37.7. The molecule has 4 aliphatic heterocycles. The van der Waals surface area contributed by atoms with Crippen LogP contribution in [0.15, 0.2) is 60.7 Å². The highest BCUT2D eigenvalue weighted by Gasteiger charge is 2.59. The van der Waals surface area contributed by atoms with Crippen LogP contribution in [0.25, 0.3) is 0 Å². The monoisotopic (exact) mass is 740 g/mol. The van der Waals surface area contributed by atoms with E-state index in [1.807, 2.05) is 0 Å². The van der Waals surface area contributed by atoms with E-state index in [0.29, 0.717) is 5.56 Å². The van der Waals surface area contributed by atoms with Crippen LogP contribution >= 0.6 is 0 Å². The van der Waals surface area contributed by atoms with Gasteiger partial charge in [0.2, 0.25) is 0 Å². The number of amides is 3. The molecule has 0 saturated carbocycles. The molecule has 7 rings (SSSR count). The zero-order valence-electron chi connectivity index (χ0n) is 30.8. The highest BCUT2D eigenvalue weighted by Crippen LogP contribution is 2.52. The Morgan fingerprint density at radius 2 is 1.36 bits per heavy atom. The summed E-state index contributed by atoms with van der Waals surface area (Å²) in [7, 11) is -2.47. The summed E-state index contributed by atoms with van der Waals surface area (Å²) >= 11 is 0. The van der Waals surface area contributed by atoms with Crippen molar-refractivity contribution in [3.05, 3.63) is 94.1 Å². The Bertz CT molecular complexity index is 1940. The number of esters is 1. The second-order valence-electron chi connectivity index (χ2n) is 14.2. The number of hydrogen-bond donors (Lipinski definition) is 1. The maximum Gasteiger partial charge on any atom is 0.340 e. The molecule has 9 nitrogen and oxygen atoms in total. The third kappa shape index (κ3) is 5.76. The third-order valence-electron chi connectivity index (χ3n) is 11.8. The Morgan fingerprint density at radius 1 is 0.811 bits per heavy atom. The molecule has 1 fully saturated rings. The Balaban J connectivity index is 1.44. The van der Waals surface area contributed by atoms with Crippen molar-refractivity contribution in [2.75, 3.05) is 49.1 Å². The predicted molar refractivity (Wildman–Crippen MR) is 203 cm³/mol. The molecule has 3 aromatic rings. The number of rotatable bonds is 11. The normalized spacial score (nSPS) is 17.6. The van der Waals surface area contributed by atoms with Crippen molar-refractivity contribution in [1.29, 1.82) is 0 Å². The van der Waals surface area contributed by atoms with Crippen molar-refractivity contribution in [3.8, 4) is 0 Å². The molecule has 3 aromatic carbocycles. The van der Waals surface area contributed by atoms with Gasteiger partial charge in [0, 0.05) is 90.6 Å². The van der Waals surface area contributed by atoms with Crippen LogP contribution in [0, 0.1) is 0 Å². The van der Waals surface area contributed by atoms with Gasteiger partial charge in [-0.15, -0.1) is 0 Å². The van der Waals surface area contributed by atoms with E-state index in [4.69, 9.17) is 4.74 Å². The van der Waals surface area contributed by atoms with Crippen LogP contribution in [0.5, 0.6) is 0 Å². The lowest BCUT2D eigenvalue weighted by molar-refractivity contribution is -0.136. The van der Waals surface area contributed by atoms with Gasteiger partial charge in [0.05, 0.1) is 5.56 Å². The fourth-order valence-electron chi connectivity index (χ4n) is 9.16. The second kappa shape index (κ2) is 14.2. The van der Waals surface area contributed by atoms with E-state index in [1.165, 1.54) is 16.4 Å². The Morgan fingerprint density at radius 3 is 1.87 bits per heavy atom. The van der Waals surface area contributed by atoms with Crippen LogP contribution in [-0.4, -0.2) is 75.9 Å². The largest absolute Gasteiger partial charge is 0.441 e. The maximum absolute atomic E-state index is 14.7. The minimum atomic E-state index is -3.06. The number of benzene rings is 3. The topological polar surface area (TPSA) is 99.3 Å². The van der Waals surface area contributed by atoms with Crippen LogP contribution in [0.3, 0.4) is 0 Å². The molecule has 0 aliphatic carbocycles. The highest BCUT2D eigenvalue weighted by atomic mass is 28.3. The van der Waals surface area contributed by atoms with Gasteiger partial charge in [-0.2, -0.15) is 0 Å². The lowest BCUT2D eigenvalue weighted by Crippen LogP contribution is -2.67. The summed E-state index contributed by atoms with van der Waals surface area (Å²) in [6, 6.07) is 17.5. The van der Waals surface area contributed by atoms with E-state index in [-0.39, 0.29) is 24.2 Å². The van der Waals surface area contributed by atoms with E-state index in [1.54, 1.807) is 0 Å². The summed E-state index contributed by atoms with van der Waals surface area (Å²) in [4.78, 5) is 57.5. The molecule has 53 heavy (non-hydrogen) atoms. The molecule has 1 saturated heterocycles. The Labute approximate surface area is 310 Å². The minimum Gasteiger partial charge on any atom is -0.441 e. The fourth-order valence-corrected chi connectivity index (χ4v) is 14.9. The average molecular weight is 741 g/mol. The second-order valence-corrected chi connectivity index (χ2v) is 18.5. The molecule has 0 bridgehead atoms. The van der Waals surface area contributed by atoms with Crippen LogP contribution in [0.1, 0.15) is 96.4 Å². The summed E-state index contributed by atoms with van der Waals surface area (Å²) in [5, 5.41) is 5.03. The van der Waals surface area contributed by atoms with Gasteiger partial charge >= 0.3 is 5.97 Å². The smallest absolute Gasteiger partial charge is 0.340 e. The number of alkyl halides is 2. The summed E-state index contributed by atoms with van der Waals surface area (Å²) in [6.07, 6.45) is 2.56. The Kier molecular flexibility index (Phi) is 9.77. The van der Waals surface area contributed by atoms with Gasteiger partial charge in [-0.05, 0) is 86.6 Å². The van der Waals surface area contributed by atoms with Gasteiger partial charge in [-0.25, -0.2) is 13.6 Å². The van der Waals surface area contributed by atoms with Crippen molar-refractivity contribution < 1.29 is 32.7 Å². The molecule has 4 aliphatic rings. The number of nitrogens with one attached hydrogen (secondary N) is 1. The summed E-state index contributed by atoms with van der Waals surface area (Å²) in [6.45, 7) is 11.5. The molecule has 12 heteroatoms. The summed E-state index contributed by atoms with van der Waals surface area (Å²) < 4.78 is 36.1. The molecule has 0 unspecified atom stereocenters. The molecule has 0 radical (unpaired) electrons. The van der Waals surface area contributed by atoms with Crippen molar-refractivity contribution in [3.63, 3.8) is 0 Å². The molecule has 4 heterocycles. The van der Waals surface area contributed by atoms with Gasteiger partial charge in [0.1, 0.15) is 8.07 Å². The van der Waals surface area contributed by atoms with Crippen molar-refractivity contribution in [2.45, 2.75) is 71.1 Å². The van der Waals surface area contributed by atoms with Gasteiger partial charge in [0.15, 0.2) is 5.60 Å². The van der Waals surface area contributed by atoms with Crippen LogP contribution < -0.4 is 25.5 Å². The van der Waals surface area contributed by atoms with Gasteiger partial charge in [-0.1, -0.05) is 31.4 Å². The minimum absolute atomic E-state index is 0.00924. The summed E-state index contributed by atoms with van der Waals surface area (Å²) in [5.41, 5.74) is 1.89. The molecular formula is C41H46F2N4O5Si. The van der Waals surface area contributed by atoms with Crippen LogP contribution in [0.4, 0.5) is 20.2 Å². The van der Waals surface area contributed by atoms with Crippen molar-refractivity contribution in [2.24, 2.45) is 0 Å². The highest BCUT2D eigenvalue weighted by molar-refractivity contribution is 7.03. The van der Waals surface area contributed by atoms with Crippen molar-refractivity contribution >= 4 is 53.5 Å². The van der Waals surface area contributed by atoms with E-state index in [9.17, 15) is 28.0 Å². The number of nitrogens with zero attached hydrogens (tertiary/aromatic N) is 3. The first-order valence-corrected chi connectivity index (χ1v) is 21.3. The number of anilines is 2. The lowest BCUT2D eigenvalue weighted by atomic mass is 9.78. The molecular weight excluding hydrogens is 695 g/mol. The number of fused-ring (bicyclic) bond motifs is 8. The number of halogens is 2. The van der Waals surface area contributed by atoms with Gasteiger partial charge in [-0.3, -0.25) is 19.3 Å². The van der Waals surface area contributed by atoms with E-state index >= 15 is 0 Å². The molecule has 3 amide bonds. The first-order chi connectivity index (χ1) is 25.5.